The van der Waals surface area contributed by atoms with Crippen LogP contribution in [0.5, 0.6) is 0 Å². The summed E-state index contributed by atoms with van der Waals surface area (Å²) in [6, 6.07) is -1.47. The summed E-state index contributed by atoms with van der Waals surface area (Å²) in [5, 5.41) is 8.96. The second kappa shape index (κ2) is 59.6. The Bertz CT molecular complexity index is 1190. The van der Waals surface area contributed by atoms with Crippen LogP contribution in [0, 0.1) is 0 Å². The Morgan fingerprint density at radius 2 is 0.622 bits per heavy atom. The second-order valence-electron chi connectivity index (χ2n) is 22.6. The van der Waals surface area contributed by atoms with Crippen LogP contribution >= 0.6 is 7.82 Å². The highest BCUT2D eigenvalue weighted by Gasteiger charge is 2.27. The molecule has 0 rings (SSSR count). The van der Waals surface area contributed by atoms with E-state index < -0.39 is 45.1 Å². The van der Waals surface area contributed by atoms with Crippen LogP contribution in [0.15, 0.2) is 0 Å². The third-order valence-corrected chi connectivity index (χ3v) is 16.1. The topological polar surface area (TPSA) is 155 Å². The highest BCUT2D eigenvalue weighted by atomic mass is 31.2. The number of nitrogens with two attached hydrogens (primary N) is 1. The lowest BCUT2D eigenvalue weighted by Gasteiger charge is -2.20. The number of rotatable bonds is 64. The number of carboxylic acid groups (broad SMARTS) is 1. The van der Waals surface area contributed by atoms with Gasteiger partial charge in [0, 0.05) is 13.0 Å². The molecule has 0 aliphatic carbocycles. The Labute approximate surface area is 459 Å². The average Bonchev–Trinajstić information content (AvgIpc) is 3.38. The fraction of sp³-hybridized carbons (Fsp3) is 0.968. The van der Waals surface area contributed by atoms with E-state index in [9.17, 15) is 19.0 Å². The van der Waals surface area contributed by atoms with Crippen molar-refractivity contribution in [3.8, 4) is 0 Å². The second-order valence-corrected chi connectivity index (χ2v) is 24.1. The van der Waals surface area contributed by atoms with E-state index in [4.69, 9.17) is 29.4 Å². The molecule has 1 unspecified atom stereocenters. The Kier molecular flexibility index (Phi) is 58.8. The first-order chi connectivity index (χ1) is 36.2. The van der Waals surface area contributed by atoms with Crippen LogP contribution in [0.25, 0.3) is 0 Å². The number of ether oxygens (including phenoxy) is 2. The highest BCUT2D eigenvalue weighted by Crippen LogP contribution is 2.43. The number of unbranched alkanes of at least 4 members (excludes halogenated alkanes) is 50. The maximum atomic E-state index is 12.8. The molecule has 0 aromatic heterocycles. The Morgan fingerprint density at radius 3 is 0.892 bits per heavy atom. The van der Waals surface area contributed by atoms with Crippen molar-refractivity contribution >= 4 is 19.8 Å². The van der Waals surface area contributed by atoms with Gasteiger partial charge < -0.3 is 25.2 Å². The lowest BCUT2D eigenvalue weighted by molar-refractivity contribution is -0.154. The summed E-state index contributed by atoms with van der Waals surface area (Å²) >= 11 is 0. The lowest BCUT2D eigenvalue weighted by Crippen LogP contribution is -2.34. The van der Waals surface area contributed by atoms with E-state index in [1.54, 1.807) is 0 Å². The molecule has 74 heavy (non-hydrogen) atoms. The van der Waals surface area contributed by atoms with Crippen molar-refractivity contribution in [1.82, 2.24) is 0 Å². The van der Waals surface area contributed by atoms with Gasteiger partial charge in [0.25, 0.3) is 0 Å². The van der Waals surface area contributed by atoms with E-state index in [0.29, 0.717) is 6.61 Å². The van der Waals surface area contributed by atoms with Crippen molar-refractivity contribution in [3.05, 3.63) is 0 Å². The minimum atomic E-state index is -4.62. The summed E-state index contributed by atoms with van der Waals surface area (Å²) in [5.74, 6) is -1.75. The molecule has 0 aromatic carbocycles. The van der Waals surface area contributed by atoms with E-state index in [1.807, 2.05) is 0 Å². The van der Waals surface area contributed by atoms with Gasteiger partial charge in [0.2, 0.25) is 0 Å². The summed E-state index contributed by atoms with van der Waals surface area (Å²) in [6.45, 7) is 3.99. The zero-order valence-corrected chi connectivity index (χ0v) is 50.1. The smallest absolute Gasteiger partial charge is 0.472 e. The van der Waals surface area contributed by atoms with Crippen molar-refractivity contribution in [1.29, 1.82) is 0 Å². The molecule has 0 aromatic rings. The molecule has 10 nitrogen and oxygen atoms in total. The fourth-order valence-electron chi connectivity index (χ4n) is 10.1. The van der Waals surface area contributed by atoms with Crippen molar-refractivity contribution < 1.29 is 42.7 Å². The first kappa shape index (κ1) is 73.0. The van der Waals surface area contributed by atoms with Crippen molar-refractivity contribution in [3.63, 3.8) is 0 Å². The molecule has 0 fully saturated rings. The van der Waals surface area contributed by atoms with Crippen molar-refractivity contribution in [2.75, 3.05) is 26.4 Å². The summed E-state index contributed by atoms with van der Waals surface area (Å²) in [5.41, 5.74) is 5.40. The van der Waals surface area contributed by atoms with Crippen LogP contribution in [-0.2, 0) is 32.7 Å². The third kappa shape index (κ3) is 58.6. The highest BCUT2D eigenvalue weighted by molar-refractivity contribution is 7.47. The van der Waals surface area contributed by atoms with Crippen LogP contribution in [0.4, 0.5) is 0 Å². The maximum Gasteiger partial charge on any atom is 0.472 e. The number of hydrogen-bond acceptors (Lipinski definition) is 8. The molecule has 0 heterocycles. The maximum absolute atomic E-state index is 12.8. The molecule has 3 atom stereocenters. The fourth-order valence-corrected chi connectivity index (χ4v) is 10.9. The number of aliphatic carboxylic acids is 1. The van der Waals surface area contributed by atoms with Crippen LogP contribution in [-0.4, -0.2) is 60.5 Å². The summed E-state index contributed by atoms with van der Waals surface area (Å²) in [4.78, 5) is 33.8. The van der Waals surface area contributed by atoms with Crippen LogP contribution < -0.4 is 5.73 Å². The number of hydrogen-bond donors (Lipinski definition) is 3. The minimum absolute atomic E-state index is 0.0268. The van der Waals surface area contributed by atoms with E-state index in [2.05, 4.69) is 13.8 Å². The lowest BCUT2D eigenvalue weighted by atomic mass is 10.0. The van der Waals surface area contributed by atoms with E-state index in [1.165, 1.54) is 295 Å². The summed E-state index contributed by atoms with van der Waals surface area (Å²) < 4.78 is 33.7. The molecule has 0 saturated carbocycles. The zero-order chi connectivity index (χ0) is 53.9. The van der Waals surface area contributed by atoms with Gasteiger partial charge in [-0.15, -0.1) is 0 Å². The standard InChI is InChI=1S/C63H126NO9P/c1-3-5-7-9-11-13-15-17-19-21-23-24-25-26-27-28-29-30-31-32-33-34-35-36-37-38-39-41-43-45-47-49-51-53-55-62(65)73-60(58-71-74(68,69)72-59-61(64)63(66)67)57-70-56-54-52-50-48-46-44-42-40-22-20-18-16-14-12-10-8-6-4-2/h60-61H,3-59,64H2,1-2H3,(H,66,67)(H,68,69)/t60-,61+/m1/s1. The SMILES string of the molecule is CCCCCCCCCCCCCCCCCCCCCCCCCCCCCCCCCCCCC(=O)O[C@H](COCCCCCCCCCCCCCCCCCCCC)COP(=O)(O)OC[C@H](N)C(=O)O. The molecule has 0 aliphatic rings. The third-order valence-electron chi connectivity index (χ3n) is 15.1. The van der Waals surface area contributed by atoms with Crippen LogP contribution in [0.3, 0.4) is 0 Å². The molecule has 0 bridgehead atoms. The first-order valence-corrected chi connectivity index (χ1v) is 34.1. The van der Waals surface area contributed by atoms with E-state index >= 15 is 0 Å². The number of carbonyl (C=O) groups excluding carboxylic acids is 1. The van der Waals surface area contributed by atoms with Crippen LogP contribution in [0.1, 0.15) is 354 Å². The molecule has 0 radical (unpaired) electrons. The number of carboxylic acids is 1. The van der Waals surface area contributed by atoms with Gasteiger partial charge in [0.05, 0.1) is 19.8 Å². The largest absolute Gasteiger partial charge is 0.480 e. The average molecular weight is 1070 g/mol. The molecule has 442 valence electrons. The van der Waals surface area contributed by atoms with Crippen molar-refractivity contribution in [2.24, 2.45) is 5.73 Å². The van der Waals surface area contributed by atoms with E-state index in [-0.39, 0.29) is 13.0 Å². The Hall–Kier alpha value is -1.03. The van der Waals surface area contributed by atoms with Gasteiger partial charge in [0.15, 0.2) is 0 Å². The normalized spacial score (nSPS) is 13.4. The monoisotopic (exact) mass is 1070 g/mol. The molecule has 0 amide bonds. The number of esters is 1. The molecular formula is C63H126NO9P. The predicted molar refractivity (Wildman–Crippen MR) is 314 cm³/mol. The zero-order valence-electron chi connectivity index (χ0n) is 49.2. The Balaban J connectivity index is 3.85. The molecule has 0 spiro atoms. The molecule has 4 N–H and O–H groups in total. The van der Waals surface area contributed by atoms with Gasteiger partial charge in [-0.2, -0.15) is 0 Å². The van der Waals surface area contributed by atoms with Crippen LogP contribution in [0.2, 0.25) is 0 Å². The van der Waals surface area contributed by atoms with Gasteiger partial charge in [-0.3, -0.25) is 18.6 Å². The van der Waals surface area contributed by atoms with Gasteiger partial charge >= 0.3 is 19.8 Å². The van der Waals surface area contributed by atoms with E-state index in [0.717, 1.165) is 38.5 Å². The quantitative estimate of drug-likeness (QED) is 0.0305. The molecule has 0 saturated heterocycles. The van der Waals surface area contributed by atoms with Gasteiger partial charge in [-0.05, 0) is 12.8 Å². The first-order valence-electron chi connectivity index (χ1n) is 32.6. The molecule has 11 heteroatoms. The Morgan fingerprint density at radius 1 is 0.378 bits per heavy atom. The number of carbonyl (C=O) groups is 2. The number of phosphoric ester groups is 1. The van der Waals surface area contributed by atoms with Gasteiger partial charge in [-0.25, -0.2) is 4.57 Å². The molecular weight excluding hydrogens is 946 g/mol. The van der Waals surface area contributed by atoms with Gasteiger partial charge in [-0.1, -0.05) is 335 Å². The number of phosphoric acid groups is 1. The predicted octanol–water partition coefficient (Wildman–Crippen LogP) is 20.2. The summed E-state index contributed by atoms with van der Waals surface area (Å²) in [7, 11) is -4.62. The molecule has 0 aliphatic heterocycles. The van der Waals surface area contributed by atoms with Gasteiger partial charge in [0.1, 0.15) is 12.1 Å². The summed E-state index contributed by atoms with van der Waals surface area (Å²) in [6.07, 6.45) is 69.3. The van der Waals surface area contributed by atoms with Crippen molar-refractivity contribution in [2.45, 2.75) is 366 Å². The minimum Gasteiger partial charge on any atom is -0.480 e.